The SMILES string of the molecule is CCC(C)c1ccccc1OS(=O)(=O)c1ccc(S(=O)(=O)NC2CC2)cc1. The van der Waals surface area contributed by atoms with Crippen LogP contribution in [0.5, 0.6) is 5.75 Å². The van der Waals surface area contributed by atoms with E-state index in [1.807, 2.05) is 26.0 Å². The highest BCUT2D eigenvalue weighted by molar-refractivity contribution is 7.89. The molecule has 0 saturated heterocycles. The molecule has 1 saturated carbocycles. The summed E-state index contributed by atoms with van der Waals surface area (Å²) >= 11 is 0. The van der Waals surface area contributed by atoms with Gasteiger partial charge in [0.05, 0.1) is 4.90 Å². The van der Waals surface area contributed by atoms with E-state index in [9.17, 15) is 16.8 Å². The lowest BCUT2D eigenvalue weighted by molar-refractivity contribution is 0.479. The first kappa shape index (κ1) is 19.9. The molecule has 0 amide bonds. The van der Waals surface area contributed by atoms with Crippen molar-refractivity contribution in [3.05, 3.63) is 54.1 Å². The highest BCUT2D eigenvalue weighted by atomic mass is 32.2. The summed E-state index contributed by atoms with van der Waals surface area (Å²) in [4.78, 5) is -0.0554. The lowest BCUT2D eigenvalue weighted by atomic mass is 9.98. The minimum Gasteiger partial charge on any atom is -0.379 e. The quantitative estimate of drug-likeness (QED) is 0.675. The third-order valence-electron chi connectivity index (χ3n) is 4.58. The van der Waals surface area contributed by atoms with Gasteiger partial charge in [-0.05, 0) is 61.1 Å². The number of benzene rings is 2. The summed E-state index contributed by atoms with van der Waals surface area (Å²) in [6.07, 6.45) is 2.51. The average molecular weight is 410 g/mol. The Morgan fingerprint density at radius 1 is 1.00 bits per heavy atom. The number of hydrogen-bond acceptors (Lipinski definition) is 5. The Bertz CT molecular complexity index is 1010. The number of hydrogen-bond donors (Lipinski definition) is 1. The van der Waals surface area contributed by atoms with E-state index >= 15 is 0 Å². The van der Waals surface area contributed by atoms with Crippen LogP contribution in [0.2, 0.25) is 0 Å². The summed E-state index contributed by atoms with van der Waals surface area (Å²) in [5.74, 6) is 0.441. The molecule has 3 rings (SSSR count). The van der Waals surface area contributed by atoms with Crippen molar-refractivity contribution in [3.63, 3.8) is 0 Å². The minimum atomic E-state index is -4.07. The first-order valence-corrected chi connectivity index (χ1v) is 11.8. The maximum absolute atomic E-state index is 12.6. The third-order valence-corrected chi connectivity index (χ3v) is 7.37. The van der Waals surface area contributed by atoms with Crippen LogP contribution in [0.15, 0.2) is 58.3 Å². The van der Waals surface area contributed by atoms with E-state index < -0.39 is 20.1 Å². The van der Waals surface area contributed by atoms with Crippen LogP contribution >= 0.6 is 0 Å². The van der Waals surface area contributed by atoms with E-state index in [0.29, 0.717) is 5.75 Å². The second-order valence-electron chi connectivity index (χ2n) is 6.75. The van der Waals surface area contributed by atoms with Crippen molar-refractivity contribution in [2.45, 2.75) is 54.9 Å². The van der Waals surface area contributed by atoms with E-state index in [4.69, 9.17) is 4.18 Å². The number of rotatable bonds is 8. The molecular weight excluding hydrogens is 386 g/mol. The lowest BCUT2D eigenvalue weighted by Crippen LogP contribution is -2.25. The standard InChI is InChI=1S/C19H23NO5S2/c1-3-14(2)18-6-4-5-7-19(18)25-27(23,24)17-12-10-16(11-13-17)26(21,22)20-15-8-9-15/h4-7,10-15,20H,3,8-9H2,1-2H3. The molecule has 1 aliphatic carbocycles. The molecule has 0 heterocycles. The zero-order valence-corrected chi connectivity index (χ0v) is 16.9. The summed E-state index contributed by atoms with van der Waals surface area (Å²) in [7, 11) is -7.69. The number of nitrogens with one attached hydrogen (secondary N) is 1. The van der Waals surface area contributed by atoms with Crippen molar-refractivity contribution < 1.29 is 21.0 Å². The Balaban J connectivity index is 1.84. The fourth-order valence-electron chi connectivity index (χ4n) is 2.62. The lowest BCUT2D eigenvalue weighted by Gasteiger charge is -2.15. The molecule has 0 spiro atoms. The Hall–Kier alpha value is -1.90. The summed E-state index contributed by atoms with van der Waals surface area (Å²) in [6, 6.07) is 12.1. The summed E-state index contributed by atoms with van der Waals surface area (Å²) in [6.45, 7) is 4.02. The van der Waals surface area contributed by atoms with Crippen molar-refractivity contribution >= 4 is 20.1 Å². The zero-order chi connectivity index (χ0) is 19.7. The topological polar surface area (TPSA) is 89.5 Å². The minimum absolute atomic E-state index is 0.0150. The van der Waals surface area contributed by atoms with Gasteiger partial charge in [-0.2, -0.15) is 8.42 Å². The van der Waals surface area contributed by atoms with Crippen LogP contribution in [0.4, 0.5) is 0 Å². The van der Waals surface area contributed by atoms with E-state index in [1.165, 1.54) is 24.3 Å². The smallest absolute Gasteiger partial charge is 0.339 e. The third kappa shape index (κ3) is 4.69. The van der Waals surface area contributed by atoms with Crippen molar-refractivity contribution in [1.29, 1.82) is 0 Å². The molecule has 0 aliphatic heterocycles. The second kappa shape index (κ2) is 7.61. The maximum Gasteiger partial charge on any atom is 0.339 e. The van der Waals surface area contributed by atoms with Gasteiger partial charge in [-0.25, -0.2) is 13.1 Å². The Kier molecular flexibility index (Phi) is 5.60. The predicted octanol–water partition coefficient (Wildman–Crippen LogP) is 3.41. The van der Waals surface area contributed by atoms with Crippen molar-refractivity contribution in [2.24, 2.45) is 0 Å². The van der Waals surface area contributed by atoms with Gasteiger partial charge in [0.1, 0.15) is 10.6 Å². The highest BCUT2D eigenvalue weighted by Crippen LogP contribution is 2.31. The van der Waals surface area contributed by atoms with E-state index in [0.717, 1.165) is 24.8 Å². The average Bonchev–Trinajstić information content (AvgIpc) is 3.44. The van der Waals surface area contributed by atoms with Crippen LogP contribution < -0.4 is 8.91 Å². The van der Waals surface area contributed by atoms with Crippen molar-refractivity contribution in [3.8, 4) is 5.75 Å². The summed E-state index contributed by atoms with van der Waals surface area (Å²) in [5.41, 5.74) is 0.816. The molecule has 1 fully saturated rings. The molecule has 27 heavy (non-hydrogen) atoms. The van der Waals surface area contributed by atoms with Gasteiger partial charge in [0.25, 0.3) is 0 Å². The monoisotopic (exact) mass is 409 g/mol. The molecular formula is C19H23NO5S2. The van der Waals surface area contributed by atoms with Gasteiger partial charge in [0, 0.05) is 6.04 Å². The molecule has 6 nitrogen and oxygen atoms in total. The van der Waals surface area contributed by atoms with Crippen LogP contribution in [-0.2, 0) is 20.1 Å². The molecule has 2 aromatic rings. The van der Waals surface area contributed by atoms with Crippen LogP contribution in [0.25, 0.3) is 0 Å². The molecule has 0 bridgehead atoms. The summed E-state index contributed by atoms with van der Waals surface area (Å²) in [5, 5.41) is 0. The number of sulfonamides is 1. The molecule has 0 radical (unpaired) electrons. The van der Waals surface area contributed by atoms with Gasteiger partial charge in [-0.15, -0.1) is 0 Å². The molecule has 1 aliphatic rings. The molecule has 146 valence electrons. The highest BCUT2D eigenvalue weighted by Gasteiger charge is 2.28. The van der Waals surface area contributed by atoms with E-state index in [2.05, 4.69) is 4.72 Å². The first-order chi connectivity index (χ1) is 12.7. The normalized spacial score (nSPS) is 16.1. The Morgan fingerprint density at radius 2 is 1.59 bits per heavy atom. The molecule has 1 unspecified atom stereocenters. The Morgan fingerprint density at radius 3 is 2.19 bits per heavy atom. The molecule has 0 aromatic heterocycles. The van der Waals surface area contributed by atoms with Gasteiger partial charge in [-0.1, -0.05) is 32.0 Å². The largest absolute Gasteiger partial charge is 0.379 e. The van der Waals surface area contributed by atoms with Crippen LogP contribution in [0, 0.1) is 0 Å². The van der Waals surface area contributed by atoms with E-state index in [1.54, 1.807) is 12.1 Å². The van der Waals surface area contributed by atoms with Gasteiger partial charge in [0.2, 0.25) is 10.0 Å². The van der Waals surface area contributed by atoms with Crippen LogP contribution in [0.3, 0.4) is 0 Å². The molecule has 1 N–H and O–H groups in total. The van der Waals surface area contributed by atoms with Crippen molar-refractivity contribution in [1.82, 2.24) is 4.72 Å². The fourth-order valence-corrected chi connectivity index (χ4v) is 4.88. The fraction of sp³-hybridized carbons (Fsp3) is 0.368. The number of para-hydroxylation sites is 1. The van der Waals surface area contributed by atoms with Crippen LogP contribution in [-0.4, -0.2) is 22.9 Å². The zero-order valence-electron chi connectivity index (χ0n) is 15.3. The van der Waals surface area contributed by atoms with Crippen molar-refractivity contribution in [2.75, 3.05) is 0 Å². The van der Waals surface area contributed by atoms with Gasteiger partial charge >= 0.3 is 10.1 Å². The van der Waals surface area contributed by atoms with Gasteiger partial charge in [0.15, 0.2) is 0 Å². The van der Waals surface area contributed by atoms with Gasteiger partial charge in [-0.3, -0.25) is 0 Å². The first-order valence-electron chi connectivity index (χ1n) is 8.89. The van der Waals surface area contributed by atoms with Crippen LogP contribution in [0.1, 0.15) is 44.6 Å². The molecule has 8 heteroatoms. The predicted molar refractivity (Wildman–Crippen MR) is 103 cm³/mol. The molecule has 1 atom stereocenters. The Labute approximate surface area is 160 Å². The second-order valence-corrected chi connectivity index (χ2v) is 10.0. The van der Waals surface area contributed by atoms with Gasteiger partial charge < -0.3 is 4.18 Å². The molecule has 2 aromatic carbocycles. The summed E-state index contributed by atoms with van der Waals surface area (Å²) < 4.78 is 57.6. The van der Waals surface area contributed by atoms with E-state index in [-0.39, 0.29) is 21.8 Å². The maximum atomic E-state index is 12.6.